The first-order chi connectivity index (χ1) is 8.74. The Hall–Kier alpha value is -0.613. The van der Waals surface area contributed by atoms with Crippen LogP contribution in [0.2, 0.25) is 5.54 Å². The molecule has 0 rings (SSSR count). The first kappa shape index (κ1) is 17.4. The van der Waals surface area contributed by atoms with Crippen molar-refractivity contribution in [3.8, 4) is 0 Å². The van der Waals surface area contributed by atoms with Crippen molar-refractivity contribution in [2.24, 2.45) is 0 Å². The zero-order valence-corrected chi connectivity index (χ0v) is 13.4. The van der Waals surface area contributed by atoms with E-state index in [1.807, 2.05) is 6.92 Å². The zero-order valence-electron chi connectivity index (χ0n) is 12.0. The van der Waals surface area contributed by atoms with Gasteiger partial charge in [-0.25, -0.2) is 4.79 Å². The number of esters is 1. The highest BCUT2D eigenvalue weighted by molar-refractivity contribution is 6.29. The third kappa shape index (κ3) is 10.5. The largest absolute Gasteiger partial charge is 0.463 e. The Morgan fingerprint density at radius 1 is 1.28 bits per heavy atom. The van der Waals surface area contributed by atoms with E-state index in [9.17, 15) is 4.79 Å². The van der Waals surface area contributed by atoms with Crippen LogP contribution in [-0.2, 0) is 14.0 Å². The van der Waals surface area contributed by atoms with Crippen LogP contribution in [0.4, 0.5) is 0 Å². The van der Waals surface area contributed by atoms with Crippen LogP contribution in [0.5, 0.6) is 0 Å². The summed E-state index contributed by atoms with van der Waals surface area (Å²) >= 11 is 0. The first-order valence-corrected chi connectivity index (χ1v) is 8.50. The fraction of sp³-hybridized carbons (Fsp3) is 0.786. The highest BCUT2D eigenvalue weighted by atomic mass is 28.2. The predicted molar refractivity (Wildman–Crippen MR) is 78.5 cm³/mol. The van der Waals surface area contributed by atoms with E-state index in [0.717, 1.165) is 13.0 Å². The van der Waals surface area contributed by atoms with Crippen LogP contribution in [0.3, 0.4) is 0 Å². The number of rotatable bonds is 12. The number of carbonyl (C=O) groups is 1. The van der Waals surface area contributed by atoms with Crippen LogP contribution < -0.4 is 0 Å². The summed E-state index contributed by atoms with van der Waals surface area (Å²) in [5, 5.41) is 0. The van der Waals surface area contributed by atoms with E-state index in [0.29, 0.717) is 12.1 Å². The monoisotopic (exact) mass is 272 g/mol. The van der Waals surface area contributed by atoms with Crippen molar-refractivity contribution in [1.29, 1.82) is 0 Å². The SMILES string of the molecule is C=CC(=O)OCCC(CCCCCC)[SiH2]OCC. The molecule has 0 spiro atoms. The van der Waals surface area contributed by atoms with Crippen molar-refractivity contribution in [3.05, 3.63) is 12.7 Å². The molecule has 0 amide bonds. The Kier molecular flexibility index (Phi) is 12.4. The molecule has 0 saturated heterocycles. The van der Waals surface area contributed by atoms with Crippen LogP contribution in [-0.4, -0.2) is 28.9 Å². The summed E-state index contributed by atoms with van der Waals surface area (Å²) < 4.78 is 10.7. The van der Waals surface area contributed by atoms with Crippen molar-refractivity contribution >= 4 is 15.7 Å². The van der Waals surface area contributed by atoms with Crippen molar-refractivity contribution in [1.82, 2.24) is 0 Å². The minimum atomic E-state index is -0.477. The van der Waals surface area contributed by atoms with Gasteiger partial charge in [-0.3, -0.25) is 0 Å². The molecule has 0 aromatic carbocycles. The number of ether oxygens (including phenoxy) is 1. The molecule has 0 radical (unpaired) electrons. The quantitative estimate of drug-likeness (QED) is 0.237. The zero-order chi connectivity index (χ0) is 13.6. The van der Waals surface area contributed by atoms with Crippen LogP contribution in [0, 0.1) is 0 Å². The van der Waals surface area contributed by atoms with Crippen LogP contribution in [0.15, 0.2) is 12.7 Å². The van der Waals surface area contributed by atoms with Gasteiger partial charge in [0.2, 0.25) is 0 Å². The summed E-state index contributed by atoms with van der Waals surface area (Å²) in [6.07, 6.45) is 8.54. The second kappa shape index (κ2) is 12.8. The number of hydrogen-bond acceptors (Lipinski definition) is 3. The molecule has 0 aliphatic carbocycles. The maximum atomic E-state index is 10.9. The molecule has 0 aliphatic rings. The molecule has 0 aromatic heterocycles. The lowest BCUT2D eigenvalue weighted by atomic mass is 10.1. The molecule has 1 unspecified atom stereocenters. The van der Waals surface area contributed by atoms with E-state index in [1.165, 1.54) is 38.2 Å². The van der Waals surface area contributed by atoms with Gasteiger partial charge in [0, 0.05) is 12.7 Å². The van der Waals surface area contributed by atoms with Crippen LogP contribution in [0.1, 0.15) is 52.4 Å². The molecular formula is C14H28O3Si. The molecule has 0 fully saturated rings. The third-order valence-corrected chi connectivity index (χ3v) is 4.89. The molecule has 4 heteroatoms. The molecule has 0 saturated carbocycles. The highest BCUT2D eigenvalue weighted by Crippen LogP contribution is 2.19. The Bertz CT molecular complexity index is 219. The number of hydrogen-bond donors (Lipinski definition) is 0. The van der Waals surface area contributed by atoms with Crippen LogP contribution >= 0.6 is 0 Å². The third-order valence-electron chi connectivity index (χ3n) is 2.96. The average Bonchev–Trinajstić information content (AvgIpc) is 2.39. The van der Waals surface area contributed by atoms with Crippen LogP contribution in [0.25, 0.3) is 0 Å². The van der Waals surface area contributed by atoms with E-state index in [4.69, 9.17) is 9.16 Å². The van der Waals surface area contributed by atoms with Gasteiger partial charge in [0.25, 0.3) is 0 Å². The Morgan fingerprint density at radius 3 is 2.67 bits per heavy atom. The molecule has 3 nitrogen and oxygen atoms in total. The standard InChI is InChI=1S/C14H28O3Si/c1-4-7-8-9-10-13(18-17-6-3)11-12-16-14(15)5-2/h5,13H,2,4,6-12,18H2,1,3H3. The van der Waals surface area contributed by atoms with Crippen molar-refractivity contribution in [3.63, 3.8) is 0 Å². The number of unbranched alkanes of at least 4 members (excludes halogenated alkanes) is 3. The molecule has 0 bridgehead atoms. The van der Waals surface area contributed by atoms with Gasteiger partial charge in [-0.2, -0.15) is 0 Å². The van der Waals surface area contributed by atoms with Gasteiger partial charge in [-0.05, 0) is 18.9 Å². The lowest BCUT2D eigenvalue weighted by Crippen LogP contribution is -2.12. The topological polar surface area (TPSA) is 35.5 Å². The maximum Gasteiger partial charge on any atom is 0.330 e. The Labute approximate surface area is 114 Å². The van der Waals surface area contributed by atoms with Gasteiger partial charge in [-0.15, -0.1) is 0 Å². The molecular weight excluding hydrogens is 244 g/mol. The summed E-state index contributed by atoms with van der Waals surface area (Å²) in [4.78, 5) is 10.9. The second-order valence-electron chi connectivity index (χ2n) is 4.54. The Morgan fingerprint density at radius 2 is 2.06 bits per heavy atom. The van der Waals surface area contributed by atoms with Gasteiger partial charge in [-0.1, -0.05) is 45.6 Å². The molecule has 106 valence electrons. The van der Waals surface area contributed by atoms with Gasteiger partial charge in [0.15, 0.2) is 9.76 Å². The van der Waals surface area contributed by atoms with E-state index in [-0.39, 0.29) is 5.97 Å². The minimum absolute atomic E-state index is 0.321. The van der Waals surface area contributed by atoms with E-state index >= 15 is 0 Å². The lowest BCUT2D eigenvalue weighted by molar-refractivity contribution is -0.137. The van der Waals surface area contributed by atoms with Gasteiger partial charge >= 0.3 is 5.97 Å². The minimum Gasteiger partial charge on any atom is -0.463 e. The lowest BCUT2D eigenvalue weighted by Gasteiger charge is -2.15. The highest BCUT2D eigenvalue weighted by Gasteiger charge is 2.10. The molecule has 0 heterocycles. The average molecular weight is 272 g/mol. The smallest absolute Gasteiger partial charge is 0.330 e. The molecule has 1 atom stereocenters. The molecule has 18 heavy (non-hydrogen) atoms. The normalized spacial score (nSPS) is 12.8. The summed E-state index contributed by atoms with van der Waals surface area (Å²) in [7, 11) is -0.477. The van der Waals surface area contributed by atoms with E-state index in [1.54, 1.807) is 0 Å². The molecule has 0 aliphatic heterocycles. The van der Waals surface area contributed by atoms with Crippen molar-refractivity contribution in [2.45, 2.75) is 57.9 Å². The summed E-state index contributed by atoms with van der Waals surface area (Å²) in [5.74, 6) is -0.321. The molecule has 0 N–H and O–H groups in total. The van der Waals surface area contributed by atoms with Gasteiger partial charge in [0.05, 0.1) is 6.61 Å². The summed E-state index contributed by atoms with van der Waals surface area (Å²) in [6.45, 7) is 8.96. The first-order valence-electron chi connectivity index (χ1n) is 7.11. The van der Waals surface area contributed by atoms with Crippen molar-refractivity contribution < 1.29 is 14.0 Å². The van der Waals surface area contributed by atoms with Gasteiger partial charge in [0.1, 0.15) is 0 Å². The maximum absolute atomic E-state index is 10.9. The van der Waals surface area contributed by atoms with Gasteiger partial charge < -0.3 is 9.16 Å². The number of carbonyl (C=O) groups excluding carboxylic acids is 1. The summed E-state index contributed by atoms with van der Waals surface area (Å²) in [5.41, 5.74) is 0.638. The fourth-order valence-electron chi connectivity index (χ4n) is 1.84. The second-order valence-corrected chi connectivity index (χ2v) is 6.43. The fourth-order valence-corrected chi connectivity index (χ4v) is 3.20. The summed E-state index contributed by atoms with van der Waals surface area (Å²) in [6, 6.07) is 0. The van der Waals surface area contributed by atoms with Crippen molar-refractivity contribution in [2.75, 3.05) is 13.2 Å². The Balaban J connectivity index is 3.75. The molecule has 0 aromatic rings. The van der Waals surface area contributed by atoms with E-state index in [2.05, 4.69) is 13.5 Å². The van der Waals surface area contributed by atoms with E-state index < -0.39 is 9.76 Å². The predicted octanol–water partition coefficient (Wildman–Crippen LogP) is 2.98.